The number of nitrogens with one attached hydrogen (secondary N) is 1. The van der Waals surface area contributed by atoms with E-state index in [0.29, 0.717) is 13.0 Å². The maximum atomic E-state index is 13.2. The Kier molecular flexibility index (Phi) is 5.99. The molecule has 7 heteroatoms. The first kappa shape index (κ1) is 20.4. The number of carbonyl (C=O) groups excluding carboxylic acids is 1. The molecule has 1 amide bonds. The Bertz CT molecular complexity index is 989. The number of thioether (sulfide) groups is 1. The van der Waals surface area contributed by atoms with Crippen molar-refractivity contribution in [2.75, 3.05) is 12.3 Å². The number of carbonyl (C=O) groups is 1. The molecular formula is C22H26N2O3S2. The van der Waals surface area contributed by atoms with Crippen LogP contribution < -0.4 is 5.32 Å². The average molecular weight is 431 g/mol. The van der Waals surface area contributed by atoms with Crippen molar-refractivity contribution in [1.29, 1.82) is 0 Å². The molecule has 154 valence electrons. The van der Waals surface area contributed by atoms with E-state index in [1.165, 1.54) is 9.20 Å². The fraction of sp³-hybridized carbons (Fsp3) is 0.409. The van der Waals surface area contributed by atoms with Crippen molar-refractivity contribution in [3.63, 3.8) is 0 Å². The number of sulfonamides is 1. The Morgan fingerprint density at radius 2 is 1.83 bits per heavy atom. The van der Waals surface area contributed by atoms with Crippen LogP contribution in [-0.2, 0) is 14.8 Å². The van der Waals surface area contributed by atoms with Gasteiger partial charge in [0.2, 0.25) is 15.9 Å². The number of hydrogen-bond acceptors (Lipinski definition) is 4. The first-order valence-corrected chi connectivity index (χ1v) is 12.5. The normalized spacial score (nSPS) is 22.7. The molecule has 0 spiro atoms. The van der Waals surface area contributed by atoms with Crippen molar-refractivity contribution in [1.82, 2.24) is 9.62 Å². The van der Waals surface area contributed by atoms with E-state index in [0.717, 1.165) is 36.1 Å². The molecule has 2 unspecified atom stereocenters. The Morgan fingerprint density at radius 3 is 2.62 bits per heavy atom. The number of nitrogens with zero attached hydrogens (tertiary/aromatic N) is 1. The molecule has 5 nitrogen and oxygen atoms in total. The molecule has 1 fully saturated rings. The van der Waals surface area contributed by atoms with E-state index in [2.05, 4.69) is 11.4 Å². The van der Waals surface area contributed by atoms with Gasteiger partial charge in [-0.1, -0.05) is 42.3 Å². The van der Waals surface area contributed by atoms with E-state index in [-0.39, 0.29) is 16.8 Å². The number of hydrogen-bond donors (Lipinski definition) is 1. The van der Waals surface area contributed by atoms with E-state index in [1.54, 1.807) is 36.0 Å². The monoisotopic (exact) mass is 430 g/mol. The van der Waals surface area contributed by atoms with Crippen LogP contribution in [0.4, 0.5) is 0 Å². The van der Waals surface area contributed by atoms with Crippen molar-refractivity contribution in [3.8, 4) is 0 Å². The molecule has 0 aromatic heterocycles. The van der Waals surface area contributed by atoms with Crippen molar-refractivity contribution in [2.45, 2.75) is 54.5 Å². The first-order valence-electron chi connectivity index (χ1n) is 10.1. The van der Waals surface area contributed by atoms with Crippen LogP contribution in [0.2, 0.25) is 0 Å². The third-order valence-electron chi connectivity index (χ3n) is 5.66. The molecule has 2 heterocycles. The minimum atomic E-state index is -3.71. The van der Waals surface area contributed by atoms with Gasteiger partial charge in [-0.05, 0) is 49.9 Å². The largest absolute Gasteiger partial charge is 0.348 e. The Hall–Kier alpha value is -1.83. The molecule has 2 aromatic carbocycles. The predicted molar refractivity (Wildman–Crippen MR) is 115 cm³/mol. The van der Waals surface area contributed by atoms with Gasteiger partial charge in [-0.25, -0.2) is 8.42 Å². The first-order chi connectivity index (χ1) is 14.0. The van der Waals surface area contributed by atoms with Gasteiger partial charge in [0, 0.05) is 17.2 Å². The summed E-state index contributed by atoms with van der Waals surface area (Å²) in [5.41, 5.74) is 2.13. The minimum Gasteiger partial charge on any atom is -0.348 e. The fourth-order valence-electron chi connectivity index (χ4n) is 4.06. The van der Waals surface area contributed by atoms with E-state index < -0.39 is 16.1 Å². The second-order valence-electron chi connectivity index (χ2n) is 7.68. The van der Waals surface area contributed by atoms with Crippen LogP contribution in [0.15, 0.2) is 58.3 Å². The summed E-state index contributed by atoms with van der Waals surface area (Å²) in [6.07, 6.45) is 3.04. The summed E-state index contributed by atoms with van der Waals surface area (Å²) < 4.78 is 27.9. The smallest absolute Gasteiger partial charge is 0.243 e. The fourth-order valence-corrected chi connectivity index (χ4v) is 6.84. The molecule has 1 saturated heterocycles. The van der Waals surface area contributed by atoms with Crippen LogP contribution in [-0.4, -0.2) is 37.0 Å². The van der Waals surface area contributed by atoms with Gasteiger partial charge in [0.25, 0.3) is 0 Å². The van der Waals surface area contributed by atoms with E-state index >= 15 is 0 Å². The highest BCUT2D eigenvalue weighted by molar-refractivity contribution is 7.99. The molecule has 2 aliphatic heterocycles. The van der Waals surface area contributed by atoms with E-state index in [1.807, 2.05) is 25.1 Å². The minimum absolute atomic E-state index is 0.0641. The predicted octanol–water partition coefficient (Wildman–Crippen LogP) is 3.89. The molecule has 2 atom stereocenters. The standard InChI is InChI=1S/C22H26N2O3S2/c1-16-9-11-17(12-10-16)29(26,27)24-14-5-4-7-20(24)22(25)23-19-13-15-28-21-8-3-2-6-18(19)21/h2-3,6,8-12,19-20H,4-5,7,13-15H2,1H3,(H,23,25). The molecule has 0 bridgehead atoms. The number of fused-ring (bicyclic) bond motifs is 1. The second-order valence-corrected chi connectivity index (χ2v) is 10.7. The highest BCUT2D eigenvalue weighted by Crippen LogP contribution is 2.36. The Balaban J connectivity index is 1.56. The third-order valence-corrected chi connectivity index (χ3v) is 8.70. The summed E-state index contributed by atoms with van der Waals surface area (Å²) in [6.45, 7) is 2.30. The zero-order valence-electron chi connectivity index (χ0n) is 16.5. The van der Waals surface area contributed by atoms with E-state index in [9.17, 15) is 13.2 Å². The van der Waals surface area contributed by atoms with Gasteiger partial charge in [0.15, 0.2) is 0 Å². The van der Waals surface area contributed by atoms with Crippen LogP contribution in [0, 0.1) is 6.92 Å². The molecule has 0 radical (unpaired) electrons. The maximum Gasteiger partial charge on any atom is 0.243 e. The number of amides is 1. The van der Waals surface area contributed by atoms with Crippen molar-refractivity contribution in [3.05, 3.63) is 59.7 Å². The van der Waals surface area contributed by atoms with Gasteiger partial charge in [0.1, 0.15) is 6.04 Å². The highest BCUT2D eigenvalue weighted by atomic mass is 32.2. The number of benzene rings is 2. The quantitative estimate of drug-likeness (QED) is 0.799. The average Bonchev–Trinajstić information content (AvgIpc) is 2.74. The van der Waals surface area contributed by atoms with Gasteiger partial charge in [-0.15, -0.1) is 11.8 Å². The molecule has 0 saturated carbocycles. The Labute approximate surface area is 176 Å². The molecule has 1 N–H and O–H groups in total. The van der Waals surface area contributed by atoms with Gasteiger partial charge in [-0.3, -0.25) is 4.79 Å². The number of piperidine rings is 1. The van der Waals surface area contributed by atoms with Gasteiger partial charge in [0.05, 0.1) is 10.9 Å². The summed E-state index contributed by atoms with van der Waals surface area (Å²) in [7, 11) is -3.71. The lowest BCUT2D eigenvalue weighted by molar-refractivity contribution is -0.126. The van der Waals surface area contributed by atoms with Crippen LogP contribution >= 0.6 is 11.8 Å². The molecule has 2 aromatic rings. The van der Waals surface area contributed by atoms with Crippen LogP contribution in [0.1, 0.15) is 42.9 Å². The van der Waals surface area contributed by atoms with Crippen molar-refractivity contribution < 1.29 is 13.2 Å². The third kappa shape index (κ3) is 4.22. The Morgan fingerprint density at radius 1 is 1.07 bits per heavy atom. The topological polar surface area (TPSA) is 66.5 Å². The van der Waals surface area contributed by atoms with Gasteiger partial charge < -0.3 is 5.32 Å². The summed E-state index contributed by atoms with van der Waals surface area (Å²) in [6, 6.07) is 14.2. The lowest BCUT2D eigenvalue weighted by atomic mass is 10.0. The van der Waals surface area contributed by atoms with Gasteiger partial charge in [-0.2, -0.15) is 4.31 Å². The highest BCUT2D eigenvalue weighted by Gasteiger charge is 2.38. The molecule has 4 rings (SSSR count). The van der Waals surface area contributed by atoms with Crippen molar-refractivity contribution in [2.24, 2.45) is 0 Å². The maximum absolute atomic E-state index is 13.2. The summed E-state index contributed by atoms with van der Waals surface area (Å²) in [5.74, 6) is 0.755. The number of aryl methyl sites for hydroxylation is 1. The molecule has 0 aliphatic carbocycles. The summed E-state index contributed by atoms with van der Waals surface area (Å²) in [5, 5.41) is 3.15. The van der Waals surface area contributed by atoms with Crippen LogP contribution in [0.3, 0.4) is 0 Å². The zero-order valence-corrected chi connectivity index (χ0v) is 18.1. The summed E-state index contributed by atoms with van der Waals surface area (Å²) >= 11 is 1.80. The zero-order chi connectivity index (χ0) is 20.4. The number of rotatable bonds is 4. The van der Waals surface area contributed by atoms with Crippen molar-refractivity contribution >= 4 is 27.7 Å². The molecular weight excluding hydrogens is 404 g/mol. The van der Waals surface area contributed by atoms with Crippen LogP contribution in [0.25, 0.3) is 0 Å². The lowest BCUT2D eigenvalue weighted by Crippen LogP contribution is -2.52. The summed E-state index contributed by atoms with van der Waals surface area (Å²) in [4.78, 5) is 14.6. The molecule has 29 heavy (non-hydrogen) atoms. The van der Waals surface area contributed by atoms with Gasteiger partial charge >= 0.3 is 0 Å². The SMILES string of the molecule is Cc1ccc(S(=O)(=O)N2CCCCC2C(=O)NC2CCSc3ccccc32)cc1. The van der Waals surface area contributed by atoms with E-state index in [4.69, 9.17) is 0 Å². The molecule has 2 aliphatic rings. The van der Waals surface area contributed by atoms with Crippen LogP contribution in [0.5, 0.6) is 0 Å². The lowest BCUT2D eigenvalue weighted by Gasteiger charge is -2.35. The second kappa shape index (κ2) is 8.50.